The lowest BCUT2D eigenvalue weighted by atomic mass is 10.2. The van der Waals surface area contributed by atoms with Gasteiger partial charge in [-0.1, -0.05) is 15.9 Å². The minimum absolute atomic E-state index is 0.0730. The Morgan fingerprint density at radius 3 is 2.93 bits per heavy atom. The molecular formula is C11H9BrN2O. The van der Waals surface area contributed by atoms with E-state index in [2.05, 4.69) is 20.9 Å². The highest BCUT2D eigenvalue weighted by Gasteiger charge is 2.25. The summed E-state index contributed by atoms with van der Waals surface area (Å²) in [7, 11) is 0. The summed E-state index contributed by atoms with van der Waals surface area (Å²) in [6, 6.07) is 5.98. The quantitative estimate of drug-likeness (QED) is 0.794. The van der Waals surface area contributed by atoms with E-state index in [1.807, 2.05) is 18.2 Å². The van der Waals surface area contributed by atoms with E-state index in [0.717, 1.165) is 22.8 Å². The van der Waals surface area contributed by atoms with E-state index < -0.39 is 0 Å². The molecule has 0 N–H and O–H groups in total. The van der Waals surface area contributed by atoms with E-state index in [4.69, 9.17) is 0 Å². The van der Waals surface area contributed by atoms with Gasteiger partial charge in [-0.05, 0) is 31.0 Å². The van der Waals surface area contributed by atoms with Crippen molar-refractivity contribution in [2.24, 2.45) is 0 Å². The second-order valence-electron chi connectivity index (χ2n) is 3.85. The maximum Gasteiger partial charge on any atom is 0.261 e. The molecule has 0 spiro atoms. The van der Waals surface area contributed by atoms with Crippen LogP contribution < -0.4 is 5.56 Å². The highest BCUT2D eigenvalue weighted by atomic mass is 79.9. The van der Waals surface area contributed by atoms with Gasteiger partial charge in [0.25, 0.3) is 5.56 Å². The van der Waals surface area contributed by atoms with Crippen LogP contribution in [-0.2, 0) is 0 Å². The van der Waals surface area contributed by atoms with E-state index >= 15 is 0 Å². The van der Waals surface area contributed by atoms with Crippen molar-refractivity contribution < 1.29 is 0 Å². The Balaban J connectivity index is 2.35. The summed E-state index contributed by atoms with van der Waals surface area (Å²) in [5, 5.41) is 0.693. The first-order valence-electron chi connectivity index (χ1n) is 4.92. The Morgan fingerprint density at radius 2 is 2.20 bits per heavy atom. The topological polar surface area (TPSA) is 34.9 Å². The molecule has 0 saturated heterocycles. The lowest BCUT2D eigenvalue weighted by Gasteiger charge is -2.04. The standard InChI is InChI=1S/C11H9BrN2O/c12-7-1-4-10-9(5-7)11(15)14(6-13-10)8-2-3-8/h1,4-6,8H,2-3H2. The average Bonchev–Trinajstić information content (AvgIpc) is 3.03. The number of nitrogens with zero attached hydrogens (tertiary/aromatic N) is 2. The summed E-state index contributed by atoms with van der Waals surface area (Å²) in [4.78, 5) is 16.4. The first-order valence-corrected chi connectivity index (χ1v) is 5.71. The molecule has 2 aromatic rings. The van der Waals surface area contributed by atoms with Gasteiger partial charge in [-0.3, -0.25) is 9.36 Å². The summed E-state index contributed by atoms with van der Waals surface area (Å²) < 4.78 is 2.66. The van der Waals surface area contributed by atoms with Gasteiger partial charge < -0.3 is 0 Å². The first kappa shape index (κ1) is 9.09. The Morgan fingerprint density at radius 1 is 1.40 bits per heavy atom. The molecule has 3 nitrogen and oxygen atoms in total. The fourth-order valence-corrected chi connectivity index (χ4v) is 2.08. The van der Waals surface area contributed by atoms with Gasteiger partial charge in [-0.15, -0.1) is 0 Å². The minimum Gasteiger partial charge on any atom is -0.296 e. The van der Waals surface area contributed by atoms with E-state index in [9.17, 15) is 4.79 Å². The molecule has 15 heavy (non-hydrogen) atoms. The molecule has 0 unspecified atom stereocenters. The number of fused-ring (bicyclic) bond motifs is 1. The smallest absolute Gasteiger partial charge is 0.261 e. The van der Waals surface area contributed by atoms with Crippen molar-refractivity contribution >= 4 is 26.8 Å². The lowest BCUT2D eigenvalue weighted by molar-refractivity contribution is 0.698. The number of halogens is 1. The number of rotatable bonds is 1. The zero-order chi connectivity index (χ0) is 10.4. The summed E-state index contributed by atoms with van der Waals surface area (Å²) >= 11 is 3.37. The lowest BCUT2D eigenvalue weighted by Crippen LogP contribution is -2.19. The fourth-order valence-electron chi connectivity index (χ4n) is 1.72. The predicted molar refractivity (Wildman–Crippen MR) is 62.0 cm³/mol. The number of aromatic nitrogens is 2. The maximum absolute atomic E-state index is 12.1. The summed E-state index contributed by atoms with van der Waals surface area (Å²) in [5.74, 6) is 0. The van der Waals surface area contributed by atoms with Crippen LogP contribution >= 0.6 is 15.9 Å². The van der Waals surface area contributed by atoms with Crippen LogP contribution in [0.4, 0.5) is 0 Å². The average molecular weight is 265 g/mol. The molecule has 1 fully saturated rings. The van der Waals surface area contributed by atoms with E-state index in [1.54, 1.807) is 10.9 Å². The van der Waals surface area contributed by atoms with Gasteiger partial charge in [0.05, 0.1) is 17.2 Å². The van der Waals surface area contributed by atoms with Gasteiger partial charge in [0.2, 0.25) is 0 Å². The van der Waals surface area contributed by atoms with Gasteiger partial charge in [0, 0.05) is 10.5 Å². The molecule has 3 rings (SSSR count). The van der Waals surface area contributed by atoms with Crippen molar-refractivity contribution in [3.05, 3.63) is 39.4 Å². The molecule has 0 amide bonds. The zero-order valence-electron chi connectivity index (χ0n) is 7.98. The molecule has 0 atom stereocenters. The fraction of sp³-hybridized carbons (Fsp3) is 0.273. The second-order valence-corrected chi connectivity index (χ2v) is 4.77. The van der Waals surface area contributed by atoms with Crippen molar-refractivity contribution in [1.29, 1.82) is 0 Å². The van der Waals surface area contributed by atoms with Gasteiger partial charge in [0.1, 0.15) is 0 Å². The third-order valence-corrected chi connectivity index (χ3v) is 3.18. The molecule has 1 aromatic heterocycles. The molecule has 4 heteroatoms. The normalized spacial score (nSPS) is 15.8. The van der Waals surface area contributed by atoms with Crippen LogP contribution in [0.1, 0.15) is 18.9 Å². The zero-order valence-corrected chi connectivity index (χ0v) is 9.57. The van der Waals surface area contributed by atoms with Crippen molar-refractivity contribution in [1.82, 2.24) is 9.55 Å². The first-order chi connectivity index (χ1) is 7.25. The predicted octanol–water partition coefficient (Wildman–Crippen LogP) is 2.49. The van der Waals surface area contributed by atoms with Crippen LogP contribution in [0.15, 0.2) is 33.8 Å². The Bertz CT molecular complexity index is 587. The molecule has 0 bridgehead atoms. The largest absolute Gasteiger partial charge is 0.296 e. The van der Waals surface area contributed by atoms with Gasteiger partial charge in [-0.2, -0.15) is 0 Å². The van der Waals surface area contributed by atoms with Crippen molar-refractivity contribution in [2.75, 3.05) is 0 Å². The number of hydrogen-bond donors (Lipinski definition) is 0. The molecule has 0 radical (unpaired) electrons. The third kappa shape index (κ3) is 1.49. The van der Waals surface area contributed by atoms with E-state index in [-0.39, 0.29) is 5.56 Å². The molecular weight excluding hydrogens is 256 g/mol. The second kappa shape index (κ2) is 3.17. The van der Waals surface area contributed by atoms with Crippen molar-refractivity contribution in [3.8, 4) is 0 Å². The van der Waals surface area contributed by atoms with Crippen LogP contribution in [0.25, 0.3) is 10.9 Å². The molecule has 1 aromatic carbocycles. The molecule has 0 aliphatic heterocycles. The van der Waals surface area contributed by atoms with Crippen LogP contribution in [0, 0.1) is 0 Å². The van der Waals surface area contributed by atoms with E-state index in [0.29, 0.717) is 11.4 Å². The van der Waals surface area contributed by atoms with Crippen LogP contribution in [-0.4, -0.2) is 9.55 Å². The number of benzene rings is 1. The summed E-state index contributed by atoms with van der Waals surface area (Å²) in [6.45, 7) is 0. The Hall–Kier alpha value is -1.16. The molecule has 1 saturated carbocycles. The van der Waals surface area contributed by atoms with Crippen LogP contribution in [0.3, 0.4) is 0 Å². The molecule has 1 heterocycles. The Labute approximate surface area is 94.9 Å². The molecule has 1 aliphatic carbocycles. The van der Waals surface area contributed by atoms with Gasteiger partial charge in [-0.25, -0.2) is 4.98 Å². The SMILES string of the molecule is O=c1c2cc(Br)ccc2ncn1C1CC1. The maximum atomic E-state index is 12.1. The monoisotopic (exact) mass is 264 g/mol. The van der Waals surface area contributed by atoms with Crippen LogP contribution in [0.5, 0.6) is 0 Å². The van der Waals surface area contributed by atoms with Gasteiger partial charge >= 0.3 is 0 Å². The van der Waals surface area contributed by atoms with Crippen molar-refractivity contribution in [2.45, 2.75) is 18.9 Å². The van der Waals surface area contributed by atoms with Crippen molar-refractivity contribution in [3.63, 3.8) is 0 Å². The minimum atomic E-state index is 0.0730. The number of hydrogen-bond acceptors (Lipinski definition) is 2. The summed E-state index contributed by atoms with van der Waals surface area (Å²) in [6.07, 6.45) is 3.86. The van der Waals surface area contributed by atoms with Crippen LogP contribution in [0.2, 0.25) is 0 Å². The van der Waals surface area contributed by atoms with Gasteiger partial charge in [0.15, 0.2) is 0 Å². The van der Waals surface area contributed by atoms with E-state index in [1.165, 1.54) is 0 Å². The molecule has 76 valence electrons. The highest BCUT2D eigenvalue weighted by molar-refractivity contribution is 9.10. The summed E-state index contributed by atoms with van der Waals surface area (Å²) in [5.41, 5.74) is 0.837. The third-order valence-electron chi connectivity index (χ3n) is 2.69. The Kier molecular flexibility index (Phi) is 1.92. The molecule has 1 aliphatic rings. The highest BCUT2D eigenvalue weighted by Crippen LogP contribution is 2.33.